The number of hydrogen-bond donors (Lipinski definition) is 0. The maximum Gasteiger partial charge on any atom is 0.232 e. The van der Waals surface area contributed by atoms with Crippen LogP contribution in [0.2, 0.25) is 5.02 Å². The quantitative estimate of drug-likeness (QED) is 0.786. The van der Waals surface area contributed by atoms with E-state index in [4.69, 9.17) is 16.0 Å². The van der Waals surface area contributed by atoms with Crippen LogP contribution >= 0.6 is 23.4 Å². The molecule has 3 rings (SSSR count). The van der Waals surface area contributed by atoms with Crippen LogP contribution in [0.4, 0.5) is 0 Å². The number of amides is 1. The zero-order valence-electron chi connectivity index (χ0n) is 13.5. The minimum Gasteiger partial charge on any atom is -0.468 e. The number of halogens is 1. The zero-order valence-corrected chi connectivity index (χ0v) is 15.1. The van der Waals surface area contributed by atoms with E-state index in [1.807, 2.05) is 29.2 Å². The minimum atomic E-state index is 0.220. The molecule has 2 heterocycles. The van der Waals surface area contributed by atoms with Gasteiger partial charge in [-0.2, -0.15) is 0 Å². The first-order chi connectivity index (χ1) is 11.7. The van der Waals surface area contributed by atoms with Gasteiger partial charge in [-0.15, -0.1) is 11.8 Å². The van der Waals surface area contributed by atoms with Crippen LogP contribution in [0.25, 0.3) is 0 Å². The molecular weight excluding hydrogens is 344 g/mol. The summed E-state index contributed by atoms with van der Waals surface area (Å²) in [5.74, 6) is 2.39. The average molecular weight is 365 g/mol. The van der Waals surface area contributed by atoms with Crippen LogP contribution in [0.3, 0.4) is 0 Å². The summed E-state index contributed by atoms with van der Waals surface area (Å²) in [4.78, 5) is 16.6. The topological polar surface area (TPSA) is 36.7 Å². The Labute approximate surface area is 151 Å². The first-order valence-corrected chi connectivity index (χ1v) is 9.59. The Morgan fingerprint density at radius 1 is 1.12 bits per heavy atom. The predicted molar refractivity (Wildman–Crippen MR) is 98.2 cm³/mol. The van der Waals surface area contributed by atoms with Gasteiger partial charge in [-0.05, 0) is 29.8 Å². The molecule has 0 aliphatic carbocycles. The summed E-state index contributed by atoms with van der Waals surface area (Å²) >= 11 is 7.52. The molecule has 0 radical (unpaired) electrons. The molecular formula is C18H21ClN2O2S. The van der Waals surface area contributed by atoms with Crippen molar-refractivity contribution in [3.05, 3.63) is 59.0 Å². The fourth-order valence-electron chi connectivity index (χ4n) is 2.73. The lowest BCUT2D eigenvalue weighted by molar-refractivity contribution is -0.130. The third-order valence-electron chi connectivity index (χ3n) is 4.09. The van der Waals surface area contributed by atoms with Gasteiger partial charge in [-0.1, -0.05) is 23.7 Å². The summed E-state index contributed by atoms with van der Waals surface area (Å²) in [7, 11) is 0. The number of benzene rings is 1. The molecule has 0 N–H and O–H groups in total. The van der Waals surface area contributed by atoms with E-state index in [1.54, 1.807) is 18.0 Å². The maximum absolute atomic E-state index is 12.3. The number of furan rings is 1. The molecule has 2 aromatic rings. The molecule has 128 valence electrons. The van der Waals surface area contributed by atoms with Crippen molar-refractivity contribution in [3.8, 4) is 0 Å². The molecule has 4 nitrogen and oxygen atoms in total. The van der Waals surface area contributed by atoms with Gasteiger partial charge in [0.05, 0.1) is 17.8 Å². The van der Waals surface area contributed by atoms with Gasteiger partial charge in [-0.3, -0.25) is 9.69 Å². The highest BCUT2D eigenvalue weighted by molar-refractivity contribution is 7.99. The van der Waals surface area contributed by atoms with E-state index in [2.05, 4.69) is 17.0 Å². The Hall–Kier alpha value is -1.43. The number of carbonyl (C=O) groups is 1. The molecule has 0 bridgehead atoms. The van der Waals surface area contributed by atoms with Crippen LogP contribution in [-0.2, 0) is 17.1 Å². The lowest BCUT2D eigenvalue weighted by Crippen LogP contribution is -2.48. The highest BCUT2D eigenvalue weighted by atomic mass is 35.5. The van der Waals surface area contributed by atoms with Crippen molar-refractivity contribution in [2.75, 3.05) is 31.9 Å². The summed E-state index contributed by atoms with van der Waals surface area (Å²) in [6, 6.07) is 11.8. The Bertz CT molecular complexity index is 638. The molecule has 24 heavy (non-hydrogen) atoms. The summed E-state index contributed by atoms with van der Waals surface area (Å²) in [6.07, 6.45) is 1.66. The minimum absolute atomic E-state index is 0.220. The first-order valence-electron chi connectivity index (χ1n) is 8.05. The largest absolute Gasteiger partial charge is 0.468 e. The van der Waals surface area contributed by atoms with Gasteiger partial charge in [0.1, 0.15) is 5.76 Å². The normalized spacial score (nSPS) is 15.6. The molecule has 1 fully saturated rings. The Kier molecular flexibility index (Phi) is 6.24. The van der Waals surface area contributed by atoms with Crippen molar-refractivity contribution in [1.82, 2.24) is 9.80 Å². The van der Waals surface area contributed by atoms with Crippen molar-refractivity contribution in [1.29, 1.82) is 0 Å². The summed E-state index contributed by atoms with van der Waals surface area (Å²) < 4.78 is 5.28. The third kappa shape index (κ3) is 5.03. The second kappa shape index (κ2) is 8.60. The third-order valence-corrected chi connectivity index (χ3v) is 5.29. The van der Waals surface area contributed by atoms with Crippen molar-refractivity contribution in [3.63, 3.8) is 0 Å². The second-order valence-electron chi connectivity index (χ2n) is 5.86. The van der Waals surface area contributed by atoms with Crippen molar-refractivity contribution in [2.24, 2.45) is 0 Å². The van der Waals surface area contributed by atoms with Gasteiger partial charge in [0.2, 0.25) is 5.91 Å². The molecule has 0 atom stereocenters. The van der Waals surface area contributed by atoms with Gasteiger partial charge < -0.3 is 9.32 Å². The van der Waals surface area contributed by atoms with Gasteiger partial charge in [0, 0.05) is 37.7 Å². The Balaban J connectivity index is 1.38. The van der Waals surface area contributed by atoms with Crippen LogP contribution in [0.1, 0.15) is 11.3 Å². The number of nitrogens with zero attached hydrogens (tertiary/aromatic N) is 2. The van der Waals surface area contributed by atoms with Crippen molar-refractivity contribution >= 4 is 29.3 Å². The van der Waals surface area contributed by atoms with E-state index in [9.17, 15) is 4.79 Å². The fourth-order valence-corrected chi connectivity index (χ4v) is 3.68. The maximum atomic E-state index is 12.3. The number of piperazine rings is 1. The molecule has 0 unspecified atom stereocenters. The lowest BCUT2D eigenvalue weighted by atomic mass is 10.2. The van der Waals surface area contributed by atoms with E-state index < -0.39 is 0 Å². The van der Waals surface area contributed by atoms with Gasteiger partial charge in [0.15, 0.2) is 0 Å². The Morgan fingerprint density at radius 3 is 2.54 bits per heavy atom. The van der Waals surface area contributed by atoms with Crippen LogP contribution < -0.4 is 0 Å². The molecule has 1 saturated heterocycles. The molecule has 0 spiro atoms. The van der Waals surface area contributed by atoms with E-state index in [-0.39, 0.29) is 5.91 Å². The SMILES string of the molecule is O=C(CSCc1ccco1)N1CCN(Cc2ccc(Cl)cc2)CC1. The van der Waals surface area contributed by atoms with Crippen LogP contribution in [-0.4, -0.2) is 47.6 Å². The van der Waals surface area contributed by atoms with Crippen LogP contribution in [0, 0.1) is 0 Å². The summed E-state index contributed by atoms with van der Waals surface area (Å²) in [5, 5.41) is 0.765. The van der Waals surface area contributed by atoms with E-state index in [0.717, 1.165) is 49.3 Å². The van der Waals surface area contributed by atoms with E-state index in [1.165, 1.54) is 5.56 Å². The predicted octanol–water partition coefficient (Wildman–Crippen LogP) is 3.51. The van der Waals surface area contributed by atoms with Gasteiger partial charge in [0.25, 0.3) is 0 Å². The molecule has 1 amide bonds. The van der Waals surface area contributed by atoms with E-state index >= 15 is 0 Å². The fraction of sp³-hybridized carbons (Fsp3) is 0.389. The summed E-state index contributed by atoms with van der Waals surface area (Å²) in [5.41, 5.74) is 1.26. The lowest BCUT2D eigenvalue weighted by Gasteiger charge is -2.34. The number of thioether (sulfide) groups is 1. The molecule has 1 aromatic carbocycles. The molecule has 1 aliphatic heterocycles. The van der Waals surface area contributed by atoms with Gasteiger partial charge >= 0.3 is 0 Å². The van der Waals surface area contributed by atoms with Crippen molar-refractivity contribution < 1.29 is 9.21 Å². The monoisotopic (exact) mass is 364 g/mol. The molecule has 0 saturated carbocycles. The van der Waals surface area contributed by atoms with Crippen LogP contribution in [0.15, 0.2) is 47.1 Å². The highest BCUT2D eigenvalue weighted by Gasteiger charge is 2.21. The van der Waals surface area contributed by atoms with Crippen LogP contribution in [0.5, 0.6) is 0 Å². The first kappa shape index (κ1) is 17.4. The molecule has 1 aromatic heterocycles. The average Bonchev–Trinajstić information content (AvgIpc) is 3.11. The molecule has 1 aliphatic rings. The molecule has 6 heteroatoms. The highest BCUT2D eigenvalue weighted by Crippen LogP contribution is 2.15. The summed E-state index contributed by atoms with van der Waals surface area (Å²) in [6.45, 7) is 4.34. The Morgan fingerprint density at radius 2 is 1.88 bits per heavy atom. The van der Waals surface area contributed by atoms with E-state index in [0.29, 0.717) is 5.75 Å². The second-order valence-corrected chi connectivity index (χ2v) is 7.28. The smallest absolute Gasteiger partial charge is 0.232 e. The number of carbonyl (C=O) groups excluding carboxylic acids is 1. The van der Waals surface area contributed by atoms with Crippen molar-refractivity contribution in [2.45, 2.75) is 12.3 Å². The van der Waals surface area contributed by atoms with Gasteiger partial charge in [-0.25, -0.2) is 0 Å². The number of hydrogen-bond acceptors (Lipinski definition) is 4. The standard InChI is InChI=1S/C18H21ClN2O2S/c19-16-5-3-15(4-6-16)12-20-7-9-21(10-8-20)18(22)14-24-13-17-2-1-11-23-17/h1-6,11H,7-10,12-14H2. The number of rotatable bonds is 6. The zero-order chi connectivity index (χ0) is 16.8.